The third-order valence-corrected chi connectivity index (χ3v) is 5.71. The summed E-state index contributed by atoms with van der Waals surface area (Å²) in [4.78, 5) is 25.0. The summed E-state index contributed by atoms with van der Waals surface area (Å²) in [5.41, 5.74) is 3.24. The molecule has 0 saturated carbocycles. The van der Waals surface area contributed by atoms with Crippen molar-refractivity contribution in [1.82, 2.24) is 5.43 Å². The highest BCUT2D eigenvalue weighted by Gasteiger charge is 2.16. The normalized spacial score (nSPS) is 11.7. The van der Waals surface area contributed by atoms with Crippen LogP contribution in [0, 0.1) is 0 Å². The highest BCUT2D eigenvalue weighted by molar-refractivity contribution is 9.10. The molecule has 0 aromatic heterocycles. The molecule has 3 aromatic rings. The van der Waals surface area contributed by atoms with Crippen molar-refractivity contribution in [3.63, 3.8) is 0 Å². The number of halogens is 3. The topological polar surface area (TPSA) is 86.2 Å². The maximum absolute atomic E-state index is 12.6. The molecule has 0 heterocycles. The van der Waals surface area contributed by atoms with Crippen LogP contribution in [0.5, 0.6) is 17.2 Å². The molecule has 0 saturated heterocycles. The van der Waals surface area contributed by atoms with Gasteiger partial charge in [0.25, 0.3) is 5.91 Å². The van der Waals surface area contributed by atoms with Gasteiger partial charge in [-0.25, -0.2) is 10.2 Å². The van der Waals surface area contributed by atoms with Crippen LogP contribution in [0.2, 0.25) is 10.0 Å². The van der Waals surface area contributed by atoms with Gasteiger partial charge in [-0.2, -0.15) is 5.10 Å². The minimum atomic E-state index is -0.884. The fourth-order valence-electron chi connectivity index (χ4n) is 2.85. The zero-order valence-electron chi connectivity index (χ0n) is 19.5. The van der Waals surface area contributed by atoms with E-state index in [0.717, 1.165) is 10.9 Å². The van der Waals surface area contributed by atoms with Crippen LogP contribution < -0.4 is 19.6 Å². The largest absolute Gasteiger partial charge is 0.494 e. The van der Waals surface area contributed by atoms with Crippen molar-refractivity contribution in [3.8, 4) is 17.2 Å². The fourth-order valence-corrected chi connectivity index (χ4v) is 3.68. The van der Waals surface area contributed by atoms with E-state index in [1.165, 1.54) is 12.3 Å². The Kier molecular flexibility index (Phi) is 10.2. The number of hydrogen-bond donors (Lipinski definition) is 1. The lowest BCUT2D eigenvalue weighted by atomic mass is 10.2. The first kappa shape index (κ1) is 27.5. The molecule has 1 atom stereocenters. The van der Waals surface area contributed by atoms with Crippen molar-refractivity contribution in [3.05, 3.63) is 86.3 Å². The van der Waals surface area contributed by atoms with E-state index in [1.54, 1.807) is 61.5 Å². The average Bonchev–Trinajstić information content (AvgIpc) is 2.86. The van der Waals surface area contributed by atoms with Gasteiger partial charge in [0, 0.05) is 15.1 Å². The van der Waals surface area contributed by atoms with Crippen LogP contribution in [-0.2, 0) is 4.79 Å². The van der Waals surface area contributed by atoms with Crippen LogP contribution in [0.4, 0.5) is 0 Å². The number of esters is 1. The number of hydrazone groups is 1. The molecule has 0 radical (unpaired) electrons. The zero-order valence-corrected chi connectivity index (χ0v) is 22.6. The standard InChI is InChI=1S/C26H23BrCl2N2O5/c1-3-12-34-21-8-4-17(5-9-21)26(33)36-23-10-6-19(27)13-18(23)15-30-31-25(32)16(2)35-24-11-7-20(28)14-22(24)29/h4-11,13-16H,3,12H2,1-2H3,(H,31,32)/b30-15+. The predicted octanol–water partition coefficient (Wildman–Crippen LogP) is 6.68. The molecule has 0 bridgehead atoms. The van der Waals surface area contributed by atoms with Crippen molar-refractivity contribution in [2.24, 2.45) is 5.10 Å². The molecule has 10 heteroatoms. The van der Waals surface area contributed by atoms with Crippen molar-refractivity contribution in [2.45, 2.75) is 26.4 Å². The van der Waals surface area contributed by atoms with Crippen LogP contribution in [0.1, 0.15) is 36.2 Å². The van der Waals surface area contributed by atoms with Crippen LogP contribution >= 0.6 is 39.1 Å². The van der Waals surface area contributed by atoms with Gasteiger partial charge in [-0.3, -0.25) is 4.79 Å². The maximum Gasteiger partial charge on any atom is 0.343 e. The van der Waals surface area contributed by atoms with Gasteiger partial charge in [0.05, 0.1) is 23.4 Å². The summed E-state index contributed by atoms with van der Waals surface area (Å²) >= 11 is 15.3. The van der Waals surface area contributed by atoms with Crippen LogP contribution in [-0.4, -0.2) is 30.8 Å². The van der Waals surface area contributed by atoms with Gasteiger partial charge in [-0.1, -0.05) is 46.1 Å². The maximum atomic E-state index is 12.6. The molecular weight excluding hydrogens is 571 g/mol. The molecule has 1 unspecified atom stereocenters. The minimum absolute atomic E-state index is 0.268. The number of carbonyl (C=O) groups excluding carboxylic acids is 2. The number of rotatable bonds is 10. The Morgan fingerprint density at radius 2 is 1.78 bits per heavy atom. The Morgan fingerprint density at radius 1 is 1.06 bits per heavy atom. The lowest BCUT2D eigenvalue weighted by Gasteiger charge is -2.14. The highest BCUT2D eigenvalue weighted by Crippen LogP contribution is 2.28. The van der Waals surface area contributed by atoms with E-state index in [2.05, 4.69) is 26.5 Å². The molecule has 3 aromatic carbocycles. The zero-order chi connectivity index (χ0) is 26.1. The van der Waals surface area contributed by atoms with E-state index in [-0.39, 0.29) is 10.8 Å². The Bertz CT molecular complexity index is 1250. The Morgan fingerprint density at radius 3 is 2.47 bits per heavy atom. The Balaban J connectivity index is 1.64. The number of carbonyl (C=O) groups is 2. The summed E-state index contributed by atoms with van der Waals surface area (Å²) in [6.45, 7) is 4.17. The second-order valence-electron chi connectivity index (χ2n) is 7.51. The molecule has 0 aliphatic heterocycles. The van der Waals surface area contributed by atoms with Crippen molar-refractivity contribution >= 4 is 57.2 Å². The third-order valence-electron chi connectivity index (χ3n) is 4.68. The van der Waals surface area contributed by atoms with Gasteiger partial charge in [-0.15, -0.1) is 0 Å². The van der Waals surface area contributed by atoms with Crippen LogP contribution in [0.3, 0.4) is 0 Å². The van der Waals surface area contributed by atoms with Gasteiger partial charge in [0.2, 0.25) is 0 Å². The quantitative estimate of drug-likeness (QED) is 0.123. The molecule has 1 amide bonds. The molecule has 0 fully saturated rings. The lowest BCUT2D eigenvalue weighted by Crippen LogP contribution is -2.33. The molecule has 7 nitrogen and oxygen atoms in total. The second-order valence-corrected chi connectivity index (χ2v) is 9.27. The SMILES string of the molecule is CCCOc1ccc(C(=O)Oc2ccc(Br)cc2/C=N/NC(=O)C(C)Oc2ccc(Cl)cc2Cl)cc1. The highest BCUT2D eigenvalue weighted by atomic mass is 79.9. The molecule has 0 spiro atoms. The number of amides is 1. The molecule has 0 aliphatic carbocycles. The van der Waals surface area contributed by atoms with E-state index in [0.29, 0.717) is 34.3 Å². The monoisotopic (exact) mass is 592 g/mol. The third kappa shape index (κ3) is 7.98. The van der Waals surface area contributed by atoms with Gasteiger partial charge in [-0.05, 0) is 74.0 Å². The van der Waals surface area contributed by atoms with Gasteiger partial charge in [0.1, 0.15) is 17.2 Å². The lowest BCUT2D eigenvalue weighted by molar-refractivity contribution is -0.127. The smallest absolute Gasteiger partial charge is 0.343 e. The number of hydrogen-bond acceptors (Lipinski definition) is 6. The second kappa shape index (κ2) is 13.3. The summed E-state index contributed by atoms with van der Waals surface area (Å²) in [5.74, 6) is 0.219. The Hall–Kier alpha value is -3.07. The number of nitrogens with zero attached hydrogens (tertiary/aromatic N) is 1. The van der Waals surface area contributed by atoms with E-state index >= 15 is 0 Å². The van der Waals surface area contributed by atoms with Gasteiger partial charge >= 0.3 is 5.97 Å². The van der Waals surface area contributed by atoms with Crippen molar-refractivity contribution in [1.29, 1.82) is 0 Å². The minimum Gasteiger partial charge on any atom is -0.494 e. The Labute approximate surface area is 227 Å². The molecular formula is C26H23BrCl2N2O5. The van der Waals surface area contributed by atoms with E-state index in [4.69, 9.17) is 37.4 Å². The summed E-state index contributed by atoms with van der Waals surface area (Å²) in [7, 11) is 0. The van der Waals surface area contributed by atoms with Crippen LogP contribution in [0.15, 0.2) is 70.2 Å². The number of nitrogens with one attached hydrogen (secondary N) is 1. The van der Waals surface area contributed by atoms with E-state index < -0.39 is 18.0 Å². The molecule has 1 N–H and O–H groups in total. The molecule has 188 valence electrons. The first-order valence-electron chi connectivity index (χ1n) is 11.0. The number of benzene rings is 3. The fraction of sp³-hybridized carbons (Fsp3) is 0.192. The molecule has 0 aliphatic rings. The first-order chi connectivity index (χ1) is 17.3. The van der Waals surface area contributed by atoms with E-state index in [1.807, 2.05) is 6.92 Å². The summed E-state index contributed by atoms with van der Waals surface area (Å²) in [6.07, 6.45) is 1.38. The average molecular weight is 594 g/mol. The summed E-state index contributed by atoms with van der Waals surface area (Å²) in [6, 6.07) is 16.5. The van der Waals surface area contributed by atoms with Gasteiger partial charge < -0.3 is 14.2 Å². The molecule has 36 heavy (non-hydrogen) atoms. The predicted molar refractivity (Wildman–Crippen MR) is 144 cm³/mol. The molecule has 3 rings (SSSR count). The number of ether oxygens (including phenoxy) is 3. The van der Waals surface area contributed by atoms with Crippen LogP contribution in [0.25, 0.3) is 0 Å². The van der Waals surface area contributed by atoms with E-state index in [9.17, 15) is 9.59 Å². The summed E-state index contributed by atoms with van der Waals surface area (Å²) < 4.78 is 17.4. The first-order valence-corrected chi connectivity index (χ1v) is 12.5. The van der Waals surface area contributed by atoms with Crippen molar-refractivity contribution in [2.75, 3.05) is 6.61 Å². The van der Waals surface area contributed by atoms with Crippen molar-refractivity contribution < 1.29 is 23.8 Å². The summed E-state index contributed by atoms with van der Waals surface area (Å²) in [5, 5.41) is 4.72. The van der Waals surface area contributed by atoms with Gasteiger partial charge in [0.15, 0.2) is 6.10 Å².